The van der Waals surface area contributed by atoms with Crippen LogP contribution in [0.5, 0.6) is 11.5 Å². The number of anilines is 1. The molecule has 6 rings (SSSR count). The van der Waals surface area contributed by atoms with E-state index in [2.05, 4.69) is 24.8 Å². The van der Waals surface area contributed by atoms with Crippen molar-refractivity contribution in [2.45, 2.75) is 51.6 Å². The summed E-state index contributed by atoms with van der Waals surface area (Å²) in [4.78, 5) is 29.1. The predicted molar refractivity (Wildman–Crippen MR) is 122 cm³/mol. The summed E-state index contributed by atoms with van der Waals surface area (Å²) in [6, 6.07) is 5.78. The molecule has 172 valence electrons. The van der Waals surface area contributed by atoms with Crippen LogP contribution < -0.4 is 19.7 Å². The van der Waals surface area contributed by atoms with Gasteiger partial charge in [-0.25, -0.2) is 15.0 Å². The van der Waals surface area contributed by atoms with Gasteiger partial charge in [0.05, 0.1) is 0 Å². The zero-order valence-electron chi connectivity index (χ0n) is 18.6. The Labute approximate surface area is 192 Å². The third-order valence-electron chi connectivity index (χ3n) is 6.94. The molecular formula is C24H28N6O3. The quantitative estimate of drug-likeness (QED) is 0.656. The molecule has 0 saturated carbocycles. The first kappa shape index (κ1) is 20.3. The van der Waals surface area contributed by atoms with E-state index < -0.39 is 0 Å². The molecule has 2 aromatic heterocycles. The van der Waals surface area contributed by atoms with Crippen LogP contribution in [0.25, 0.3) is 11.2 Å². The standard InChI is InChI=1S/C24H28N6O3/c31-24(25-13-16-5-6-18-19(12-16)33-15-32-18)17-7-10-29(11-8-17)22-21-23(27-14-26-22)30-9-3-1-2-4-20(30)28-21/h5-6,12,14,17H,1-4,7-11,13,15H2,(H,25,31). The van der Waals surface area contributed by atoms with Gasteiger partial charge in [0.1, 0.15) is 12.2 Å². The summed E-state index contributed by atoms with van der Waals surface area (Å²) in [5.74, 6) is 3.63. The van der Waals surface area contributed by atoms with Gasteiger partial charge in [-0.05, 0) is 43.4 Å². The molecule has 1 saturated heterocycles. The smallest absolute Gasteiger partial charge is 0.231 e. The molecule has 1 aromatic carbocycles. The first-order valence-corrected chi connectivity index (χ1v) is 11.9. The Morgan fingerprint density at radius 3 is 2.85 bits per heavy atom. The summed E-state index contributed by atoms with van der Waals surface area (Å²) in [6.07, 6.45) is 7.84. The number of nitrogens with zero attached hydrogens (tertiary/aromatic N) is 5. The van der Waals surface area contributed by atoms with Crippen LogP contribution in [0.3, 0.4) is 0 Å². The number of fused-ring (bicyclic) bond motifs is 4. The van der Waals surface area contributed by atoms with Crippen molar-refractivity contribution in [3.05, 3.63) is 35.9 Å². The molecule has 1 N–H and O–H groups in total. The molecule has 0 aliphatic carbocycles. The van der Waals surface area contributed by atoms with E-state index >= 15 is 0 Å². The lowest BCUT2D eigenvalue weighted by molar-refractivity contribution is -0.125. The number of amides is 1. The number of carbonyl (C=O) groups is 1. The van der Waals surface area contributed by atoms with E-state index in [0.29, 0.717) is 6.54 Å². The van der Waals surface area contributed by atoms with Crippen LogP contribution in [-0.2, 0) is 24.3 Å². The highest BCUT2D eigenvalue weighted by atomic mass is 16.7. The van der Waals surface area contributed by atoms with Crippen LogP contribution in [0, 0.1) is 5.92 Å². The molecule has 1 fully saturated rings. The molecule has 0 radical (unpaired) electrons. The minimum atomic E-state index is 0.00584. The van der Waals surface area contributed by atoms with Crippen LogP contribution in [0.4, 0.5) is 5.82 Å². The minimum absolute atomic E-state index is 0.00584. The minimum Gasteiger partial charge on any atom is -0.454 e. The number of rotatable bonds is 4. The second kappa shape index (κ2) is 8.53. The van der Waals surface area contributed by atoms with E-state index in [1.165, 1.54) is 19.3 Å². The van der Waals surface area contributed by atoms with Crippen molar-refractivity contribution in [1.29, 1.82) is 0 Å². The van der Waals surface area contributed by atoms with Crippen molar-refractivity contribution >= 4 is 22.9 Å². The highest BCUT2D eigenvalue weighted by Gasteiger charge is 2.28. The summed E-state index contributed by atoms with van der Waals surface area (Å²) < 4.78 is 13.0. The van der Waals surface area contributed by atoms with Crippen molar-refractivity contribution in [1.82, 2.24) is 24.8 Å². The van der Waals surface area contributed by atoms with Crippen LogP contribution >= 0.6 is 0 Å². The van der Waals surface area contributed by atoms with Gasteiger partial charge in [0.15, 0.2) is 28.5 Å². The lowest BCUT2D eigenvalue weighted by Gasteiger charge is -2.32. The van der Waals surface area contributed by atoms with E-state index in [9.17, 15) is 4.79 Å². The molecule has 3 aliphatic heterocycles. The Bertz CT molecular complexity index is 1180. The van der Waals surface area contributed by atoms with Crippen molar-refractivity contribution in [2.24, 2.45) is 5.92 Å². The molecule has 0 spiro atoms. The van der Waals surface area contributed by atoms with E-state index in [1.807, 2.05) is 18.2 Å². The number of nitrogens with one attached hydrogen (secondary N) is 1. The molecule has 3 aromatic rings. The van der Waals surface area contributed by atoms with Gasteiger partial charge in [-0.1, -0.05) is 12.5 Å². The van der Waals surface area contributed by atoms with Crippen molar-refractivity contribution in [3.63, 3.8) is 0 Å². The van der Waals surface area contributed by atoms with E-state index in [0.717, 1.165) is 78.8 Å². The summed E-state index contributed by atoms with van der Waals surface area (Å²) >= 11 is 0. The predicted octanol–water partition coefficient (Wildman–Crippen LogP) is 2.81. The number of aryl methyl sites for hydroxylation is 2. The highest BCUT2D eigenvalue weighted by Crippen LogP contribution is 2.33. The van der Waals surface area contributed by atoms with E-state index in [1.54, 1.807) is 6.33 Å². The van der Waals surface area contributed by atoms with Gasteiger partial charge in [-0.3, -0.25) is 4.79 Å². The second-order valence-electron chi connectivity index (χ2n) is 9.03. The average Bonchev–Trinajstić information content (AvgIpc) is 3.39. The monoisotopic (exact) mass is 448 g/mol. The topological polar surface area (TPSA) is 94.4 Å². The van der Waals surface area contributed by atoms with Crippen molar-refractivity contribution < 1.29 is 14.3 Å². The van der Waals surface area contributed by atoms with Gasteiger partial charge in [0, 0.05) is 38.5 Å². The summed E-state index contributed by atoms with van der Waals surface area (Å²) in [5.41, 5.74) is 2.86. The van der Waals surface area contributed by atoms with Crippen LogP contribution in [0.1, 0.15) is 43.5 Å². The number of hydrogen-bond donors (Lipinski definition) is 1. The lowest BCUT2D eigenvalue weighted by Crippen LogP contribution is -2.40. The van der Waals surface area contributed by atoms with Gasteiger partial charge < -0.3 is 24.3 Å². The SMILES string of the molecule is O=C(NCc1ccc2c(c1)OCO2)C1CCN(c2ncnc3c2nc2n3CCCCC2)CC1. The molecule has 1 amide bonds. The van der Waals surface area contributed by atoms with Gasteiger partial charge >= 0.3 is 0 Å². The maximum atomic E-state index is 12.8. The van der Waals surface area contributed by atoms with Crippen molar-refractivity contribution in [3.8, 4) is 11.5 Å². The maximum Gasteiger partial charge on any atom is 0.231 e. The fraction of sp³-hybridized carbons (Fsp3) is 0.500. The van der Waals surface area contributed by atoms with E-state index in [-0.39, 0.29) is 18.6 Å². The number of piperidine rings is 1. The lowest BCUT2D eigenvalue weighted by atomic mass is 9.95. The average molecular weight is 449 g/mol. The molecule has 9 nitrogen and oxygen atoms in total. The third-order valence-corrected chi connectivity index (χ3v) is 6.94. The molecule has 33 heavy (non-hydrogen) atoms. The first-order chi connectivity index (χ1) is 16.3. The van der Waals surface area contributed by atoms with Crippen LogP contribution in [0.2, 0.25) is 0 Å². The molecule has 9 heteroatoms. The van der Waals surface area contributed by atoms with Crippen LogP contribution in [-0.4, -0.2) is 45.3 Å². The molecule has 0 atom stereocenters. The van der Waals surface area contributed by atoms with Gasteiger partial charge in [0.2, 0.25) is 12.7 Å². The Morgan fingerprint density at radius 2 is 1.94 bits per heavy atom. The second-order valence-corrected chi connectivity index (χ2v) is 9.03. The number of ether oxygens (including phenoxy) is 2. The normalized spacial score (nSPS) is 18.2. The largest absolute Gasteiger partial charge is 0.454 e. The number of benzene rings is 1. The molecule has 3 aliphatic rings. The Hall–Kier alpha value is -3.36. The van der Waals surface area contributed by atoms with Gasteiger partial charge in [0.25, 0.3) is 0 Å². The summed E-state index contributed by atoms with van der Waals surface area (Å²) in [5, 5.41) is 3.09. The number of imidazole rings is 1. The van der Waals surface area contributed by atoms with Gasteiger partial charge in [-0.15, -0.1) is 0 Å². The molecule has 0 unspecified atom stereocenters. The Kier molecular flexibility index (Phi) is 5.24. The Balaban J connectivity index is 1.10. The van der Waals surface area contributed by atoms with Crippen molar-refractivity contribution in [2.75, 3.05) is 24.8 Å². The molecule has 0 bridgehead atoms. The van der Waals surface area contributed by atoms with Crippen LogP contribution in [0.15, 0.2) is 24.5 Å². The summed E-state index contributed by atoms with van der Waals surface area (Å²) in [7, 11) is 0. The molecular weight excluding hydrogens is 420 g/mol. The fourth-order valence-electron chi connectivity index (χ4n) is 5.09. The third kappa shape index (κ3) is 3.85. The number of aromatic nitrogens is 4. The number of hydrogen-bond acceptors (Lipinski definition) is 7. The fourth-order valence-corrected chi connectivity index (χ4v) is 5.09. The summed E-state index contributed by atoms with van der Waals surface area (Å²) in [6.45, 7) is 3.30. The number of carbonyl (C=O) groups excluding carboxylic acids is 1. The zero-order chi connectivity index (χ0) is 22.2. The van der Waals surface area contributed by atoms with E-state index in [4.69, 9.17) is 14.5 Å². The molecule has 5 heterocycles. The van der Waals surface area contributed by atoms with Gasteiger partial charge in [-0.2, -0.15) is 0 Å². The Morgan fingerprint density at radius 1 is 1.06 bits per heavy atom. The maximum absolute atomic E-state index is 12.8. The first-order valence-electron chi connectivity index (χ1n) is 11.9. The highest BCUT2D eigenvalue weighted by molar-refractivity contribution is 5.84. The zero-order valence-corrected chi connectivity index (χ0v) is 18.6.